The first-order chi connectivity index (χ1) is 13.4. The van der Waals surface area contributed by atoms with E-state index in [0.717, 1.165) is 17.4 Å². The maximum atomic E-state index is 12.7. The highest BCUT2D eigenvalue weighted by atomic mass is 32.2. The smallest absolute Gasteiger partial charge is 0.251 e. The Hall–Kier alpha value is -2.22. The third-order valence-corrected chi connectivity index (χ3v) is 7.09. The lowest BCUT2D eigenvalue weighted by molar-refractivity contribution is -0.918. The molecule has 2 aromatic rings. The third-order valence-electron chi connectivity index (χ3n) is 5.28. The summed E-state index contributed by atoms with van der Waals surface area (Å²) < 4.78 is 25.8. The van der Waals surface area contributed by atoms with Gasteiger partial charge in [0.2, 0.25) is 10.0 Å². The Morgan fingerprint density at radius 3 is 2.39 bits per heavy atom. The molecule has 28 heavy (non-hydrogen) atoms. The van der Waals surface area contributed by atoms with E-state index in [1.807, 2.05) is 18.2 Å². The van der Waals surface area contributed by atoms with Crippen molar-refractivity contribution < 1.29 is 18.1 Å². The summed E-state index contributed by atoms with van der Waals surface area (Å²) in [6, 6.07) is 16.6. The summed E-state index contributed by atoms with van der Waals surface area (Å²) >= 11 is 0. The predicted octanol–water partition coefficient (Wildman–Crippen LogP) is 1.09. The van der Waals surface area contributed by atoms with Gasteiger partial charge in [-0.25, -0.2) is 12.7 Å². The number of hydrogen-bond donors (Lipinski definition) is 2. The van der Waals surface area contributed by atoms with Crippen LogP contribution in [-0.4, -0.2) is 52.4 Å². The third kappa shape index (κ3) is 4.60. The van der Waals surface area contributed by atoms with E-state index in [-0.39, 0.29) is 16.8 Å². The van der Waals surface area contributed by atoms with Crippen LogP contribution in [0.2, 0.25) is 0 Å². The van der Waals surface area contributed by atoms with Crippen LogP contribution in [0.5, 0.6) is 0 Å². The number of hydrogen-bond acceptors (Lipinski definition) is 3. The van der Waals surface area contributed by atoms with Crippen LogP contribution in [0.15, 0.2) is 59.5 Å². The van der Waals surface area contributed by atoms with Crippen LogP contribution in [-0.2, 0) is 10.0 Å². The fourth-order valence-electron chi connectivity index (χ4n) is 3.67. The normalized spacial score (nSPS) is 16.2. The maximum Gasteiger partial charge on any atom is 0.251 e. The molecule has 0 aromatic heterocycles. The molecule has 1 saturated heterocycles. The number of carbonyl (C=O) groups is 1. The van der Waals surface area contributed by atoms with E-state index in [9.17, 15) is 13.2 Å². The van der Waals surface area contributed by atoms with Gasteiger partial charge in [-0.3, -0.25) is 4.79 Å². The minimum atomic E-state index is -3.57. The SMILES string of the molecule is CN(C)S(=O)(=O)c1cccc(C(=O)NC[C@@H](c2ccccc2)[NH+]2CCCC2)c1. The Labute approximate surface area is 167 Å². The number of sulfonamides is 1. The van der Waals surface area contributed by atoms with Gasteiger partial charge >= 0.3 is 0 Å². The summed E-state index contributed by atoms with van der Waals surface area (Å²) in [5, 5.41) is 3.01. The minimum absolute atomic E-state index is 0.120. The average Bonchev–Trinajstić information content (AvgIpc) is 3.23. The summed E-state index contributed by atoms with van der Waals surface area (Å²) in [6.45, 7) is 2.72. The van der Waals surface area contributed by atoms with Gasteiger partial charge in [-0.05, 0) is 18.2 Å². The molecule has 1 aliphatic rings. The van der Waals surface area contributed by atoms with Crippen molar-refractivity contribution in [2.75, 3.05) is 33.7 Å². The number of carbonyl (C=O) groups excluding carboxylic acids is 1. The van der Waals surface area contributed by atoms with Crippen molar-refractivity contribution in [2.45, 2.75) is 23.8 Å². The molecule has 3 rings (SSSR count). The summed E-state index contributed by atoms with van der Waals surface area (Å²) in [5.41, 5.74) is 1.56. The molecule has 1 atom stereocenters. The summed E-state index contributed by atoms with van der Waals surface area (Å²) in [6.07, 6.45) is 2.41. The molecule has 0 aliphatic carbocycles. The van der Waals surface area contributed by atoms with E-state index in [1.54, 1.807) is 12.1 Å². The van der Waals surface area contributed by atoms with Crippen molar-refractivity contribution >= 4 is 15.9 Å². The Morgan fingerprint density at radius 1 is 1.07 bits per heavy atom. The van der Waals surface area contributed by atoms with Crippen molar-refractivity contribution in [2.24, 2.45) is 0 Å². The van der Waals surface area contributed by atoms with Gasteiger partial charge in [-0.2, -0.15) is 0 Å². The van der Waals surface area contributed by atoms with E-state index in [0.29, 0.717) is 12.1 Å². The van der Waals surface area contributed by atoms with Crippen molar-refractivity contribution in [3.05, 3.63) is 65.7 Å². The second kappa shape index (κ2) is 8.86. The highest BCUT2D eigenvalue weighted by Gasteiger charge is 2.28. The molecule has 0 radical (unpaired) electrons. The number of likely N-dealkylation sites (tertiary alicyclic amines) is 1. The lowest BCUT2D eigenvalue weighted by Crippen LogP contribution is -3.11. The molecule has 7 heteroatoms. The molecule has 1 amide bonds. The Bertz CT molecular complexity index is 908. The van der Waals surface area contributed by atoms with Crippen LogP contribution in [0.25, 0.3) is 0 Å². The van der Waals surface area contributed by atoms with E-state index < -0.39 is 10.0 Å². The molecule has 1 heterocycles. The first kappa shape index (κ1) is 20.5. The van der Waals surface area contributed by atoms with Crippen molar-refractivity contribution in [3.8, 4) is 0 Å². The van der Waals surface area contributed by atoms with Gasteiger partial charge in [0.05, 0.1) is 24.5 Å². The maximum absolute atomic E-state index is 12.7. The average molecular weight is 403 g/mol. The van der Waals surface area contributed by atoms with Gasteiger partial charge in [0, 0.05) is 38.1 Å². The molecule has 0 saturated carbocycles. The molecule has 0 spiro atoms. The van der Waals surface area contributed by atoms with Crippen LogP contribution in [0.3, 0.4) is 0 Å². The highest BCUT2D eigenvalue weighted by Crippen LogP contribution is 2.15. The minimum Gasteiger partial charge on any atom is -0.346 e. The molecular weight excluding hydrogens is 374 g/mol. The Kier molecular flexibility index (Phi) is 6.49. The summed E-state index contributed by atoms with van der Waals surface area (Å²) in [5.74, 6) is -0.254. The number of quaternary nitrogens is 1. The van der Waals surface area contributed by atoms with Crippen molar-refractivity contribution in [1.29, 1.82) is 0 Å². The van der Waals surface area contributed by atoms with Gasteiger partial charge in [0.25, 0.3) is 5.91 Å². The highest BCUT2D eigenvalue weighted by molar-refractivity contribution is 7.89. The van der Waals surface area contributed by atoms with Crippen molar-refractivity contribution in [1.82, 2.24) is 9.62 Å². The molecule has 1 fully saturated rings. The number of benzene rings is 2. The summed E-state index contributed by atoms with van der Waals surface area (Å²) in [7, 11) is -0.616. The molecule has 1 aliphatic heterocycles. The largest absolute Gasteiger partial charge is 0.346 e. The first-order valence-electron chi connectivity index (χ1n) is 9.60. The number of nitrogens with one attached hydrogen (secondary N) is 2. The van der Waals surface area contributed by atoms with Gasteiger partial charge in [0.1, 0.15) is 6.04 Å². The van der Waals surface area contributed by atoms with Crippen LogP contribution < -0.4 is 10.2 Å². The Morgan fingerprint density at radius 2 is 1.75 bits per heavy atom. The molecule has 2 N–H and O–H groups in total. The molecule has 2 aromatic carbocycles. The van der Waals surface area contributed by atoms with Crippen LogP contribution in [0.4, 0.5) is 0 Å². The van der Waals surface area contributed by atoms with Crippen molar-refractivity contribution in [3.63, 3.8) is 0 Å². The second-order valence-corrected chi connectivity index (χ2v) is 9.51. The molecule has 6 nitrogen and oxygen atoms in total. The molecular formula is C21H28N3O3S+. The fourth-order valence-corrected chi connectivity index (χ4v) is 4.61. The zero-order chi connectivity index (χ0) is 20.1. The molecule has 0 unspecified atom stereocenters. The first-order valence-corrected chi connectivity index (χ1v) is 11.0. The lowest BCUT2D eigenvalue weighted by Gasteiger charge is -2.25. The van der Waals surface area contributed by atoms with Gasteiger partial charge in [-0.15, -0.1) is 0 Å². The van der Waals surface area contributed by atoms with Crippen LogP contribution in [0, 0.1) is 0 Å². The monoisotopic (exact) mass is 402 g/mol. The predicted molar refractivity (Wildman–Crippen MR) is 109 cm³/mol. The summed E-state index contributed by atoms with van der Waals surface area (Å²) in [4.78, 5) is 14.3. The van der Waals surface area contributed by atoms with Crippen LogP contribution in [0.1, 0.15) is 34.8 Å². The molecule has 150 valence electrons. The Balaban J connectivity index is 1.75. The second-order valence-electron chi connectivity index (χ2n) is 7.35. The topological polar surface area (TPSA) is 70.9 Å². The number of amides is 1. The zero-order valence-electron chi connectivity index (χ0n) is 16.4. The molecule has 0 bridgehead atoms. The lowest BCUT2D eigenvalue weighted by atomic mass is 10.1. The zero-order valence-corrected chi connectivity index (χ0v) is 17.2. The quantitative estimate of drug-likeness (QED) is 0.728. The van der Waals surface area contributed by atoms with E-state index >= 15 is 0 Å². The number of rotatable bonds is 7. The van der Waals surface area contributed by atoms with E-state index in [2.05, 4.69) is 17.4 Å². The number of nitrogens with zero attached hydrogens (tertiary/aromatic N) is 1. The van der Waals surface area contributed by atoms with Gasteiger partial charge in [0.15, 0.2) is 0 Å². The van der Waals surface area contributed by atoms with E-state index in [4.69, 9.17) is 0 Å². The van der Waals surface area contributed by atoms with E-state index in [1.165, 1.54) is 49.5 Å². The van der Waals surface area contributed by atoms with Gasteiger partial charge < -0.3 is 10.2 Å². The standard InChI is InChI=1S/C21H27N3O3S/c1-23(2)28(26,27)19-12-8-11-18(15-19)21(25)22-16-20(24-13-6-7-14-24)17-9-4-3-5-10-17/h3-5,8-12,15,20H,6-7,13-14,16H2,1-2H3,(H,22,25)/p+1/t20-/m0/s1. The fraction of sp³-hybridized carbons (Fsp3) is 0.381. The van der Waals surface area contributed by atoms with Crippen LogP contribution >= 0.6 is 0 Å². The van der Waals surface area contributed by atoms with Gasteiger partial charge in [-0.1, -0.05) is 36.4 Å².